The van der Waals surface area contributed by atoms with Gasteiger partial charge in [0, 0.05) is 39.4 Å². The Morgan fingerprint density at radius 3 is 2.44 bits per heavy atom. The number of halogens is 1. The lowest BCUT2D eigenvalue weighted by atomic mass is 10.0. The van der Waals surface area contributed by atoms with E-state index >= 15 is 0 Å². The molecule has 1 heterocycles. The summed E-state index contributed by atoms with van der Waals surface area (Å²) < 4.78 is 5.49. The Kier molecular flexibility index (Phi) is 6.72. The van der Waals surface area contributed by atoms with Crippen molar-refractivity contribution in [3.8, 4) is 0 Å². The summed E-state index contributed by atoms with van der Waals surface area (Å²) in [4.78, 5) is 17.0. The zero-order valence-electron chi connectivity index (χ0n) is 15.8. The van der Waals surface area contributed by atoms with Gasteiger partial charge in [-0.1, -0.05) is 35.9 Å². The summed E-state index contributed by atoms with van der Waals surface area (Å²) in [6.07, 6.45) is 0. The fourth-order valence-electron chi connectivity index (χ4n) is 3.27. The Hall–Kier alpha value is -2.08. The Morgan fingerprint density at radius 1 is 1.15 bits per heavy atom. The maximum absolute atomic E-state index is 12.6. The first-order chi connectivity index (χ1) is 13.1. The van der Waals surface area contributed by atoms with Crippen LogP contribution >= 0.6 is 11.6 Å². The number of amides is 1. The summed E-state index contributed by atoms with van der Waals surface area (Å²) in [6, 6.07) is 15.7. The van der Waals surface area contributed by atoms with Gasteiger partial charge in [0.1, 0.15) is 0 Å². The number of carbonyl (C=O) groups excluding carboxylic acids is 1. The predicted octanol–water partition coefficient (Wildman–Crippen LogP) is 3.21. The Balaban J connectivity index is 1.75. The second kappa shape index (κ2) is 9.22. The molecule has 3 rings (SSSR count). The molecule has 1 atom stereocenters. The third-order valence-corrected chi connectivity index (χ3v) is 5.18. The lowest BCUT2D eigenvalue weighted by Gasteiger charge is -2.35. The van der Waals surface area contributed by atoms with Gasteiger partial charge in [-0.25, -0.2) is 0 Å². The summed E-state index contributed by atoms with van der Waals surface area (Å²) >= 11 is 6.15. The number of benzene rings is 2. The molecule has 0 radical (unpaired) electrons. The molecular formula is C21H26ClN3O2. The van der Waals surface area contributed by atoms with E-state index < -0.39 is 0 Å². The Labute approximate surface area is 165 Å². The van der Waals surface area contributed by atoms with E-state index in [4.69, 9.17) is 16.3 Å². The summed E-state index contributed by atoms with van der Waals surface area (Å²) in [5, 5.41) is 3.52. The summed E-state index contributed by atoms with van der Waals surface area (Å²) in [5.41, 5.74) is 2.84. The quantitative estimate of drug-likeness (QED) is 0.826. The third kappa shape index (κ3) is 5.01. The van der Waals surface area contributed by atoms with Crippen molar-refractivity contribution in [3.05, 3.63) is 64.7 Å². The molecule has 6 heteroatoms. The molecule has 2 aromatic rings. The Morgan fingerprint density at radius 2 is 1.81 bits per heavy atom. The molecule has 0 bridgehead atoms. The van der Waals surface area contributed by atoms with E-state index in [2.05, 4.69) is 39.4 Å². The first-order valence-electron chi connectivity index (χ1n) is 9.18. The highest BCUT2D eigenvalue weighted by atomic mass is 35.5. The van der Waals surface area contributed by atoms with Crippen molar-refractivity contribution in [2.24, 2.45) is 0 Å². The predicted molar refractivity (Wildman–Crippen MR) is 110 cm³/mol. The number of hydrogen-bond donors (Lipinski definition) is 1. The molecule has 27 heavy (non-hydrogen) atoms. The molecule has 5 nitrogen and oxygen atoms in total. The van der Waals surface area contributed by atoms with E-state index in [-0.39, 0.29) is 11.9 Å². The first kappa shape index (κ1) is 19.7. The SMILES string of the molecule is CN(C)c1ccc(C(CNC(=O)c2ccccc2Cl)N2CCOCC2)cc1. The minimum Gasteiger partial charge on any atom is -0.379 e. The van der Waals surface area contributed by atoms with E-state index in [0.717, 1.165) is 18.8 Å². The minimum absolute atomic E-state index is 0.0940. The van der Waals surface area contributed by atoms with Crippen LogP contribution in [0.4, 0.5) is 5.69 Å². The molecule has 0 aliphatic carbocycles. The number of nitrogens with zero attached hydrogens (tertiary/aromatic N) is 2. The van der Waals surface area contributed by atoms with Crippen LogP contribution in [0.2, 0.25) is 5.02 Å². The molecule has 1 amide bonds. The van der Waals surface area contributed by atoms with Gasteiger partial charge in [0.05, 0.1) is 29.8 Å². The number of hydrogen-bond acceptors (Lipinski definition) is 4. The van der Waals surface area contributed by atoms with Crippen molar-refractivity contribution in [1.82, 2.24) is 10.2 Å². The van der Waals surface area contributed by atoms with E-state index in [9.17, 15) is 4.79 Å². The second-order valence-corrected chi connectivity index (χ2v) is 7.25. The molecule has 1 aliphatic rings. The van der Waals surface area contributed by atoms with Gasteiger partial charge in [0.15, 0.2) is 0 Å². The van der Waals surface area contributed by atoms with Crippen LogP contribution in [0.15, 0.2) is 48.5 Å². The van der Waals surface area contributed by atoms with Gasteiger partial charge in [-0.05, 0) is 29.8 Å². The van der Waals surface area contributed by atoms with Gasteiger partial charge in [0.2, 0.25) is 0 Å². The zero-order valence-corrected chi connectivity index (χ0v) is 16.6. The fraction of sp³-hybridized carbons (Fsp3) is 0.381. The van der Waals surface area contributed by atoms with E-state index in [1.54, 1.807) is 12.1 Å². The number of ether oxygens (including phenoxy) is 1. The topological polar surface area (TPSA) is 44.8 Å². The van der Waals surface area contributed by atoms with Crippen LogP contribution in [-0.4, -0.2) is 57.8 Å². The summed E-state index contributed by atoms with van der Waals surface area (Å²) in [5.74, 6) is -0.149. The van der Waals surface area contributed by atoms with Crippen LogP contribution in [0.1, 0.15) is 22.0 Å². The van der Waals surface area contributed by atoms with Gasteiger partial charge in [-0.15, -0.1) is 0 Å². The van der Waals surface area contributed by atoms with Crippen LogP contribution in [0.5, 0.6) is 0 Å². The lowest BCUT2D eigenvalue weighted by Crippen LogP contribution is -2.43. The normalized spacial score (nSPS) is 16.0. The molecule has 1 fully saturated rings. The van der Waals surface area contributed by atoms with E-state index in [1.165, 1.54) is 5.56 Å². The van der Waals surface area contributed by atoms with Crippen LogP contribution < -0.4 is 10.2 Å². The van der Waals surface area contributed by atoms with Gasteiger partial charge < -0.3 is 15.0 Å². The molecule has 1 N–H and O–H groups in total. The lowest BCUT2D eigenvalue weighted by molar-refractivity contribution is 0.0162. The van der Waals surface area contributed by atoms with Crippen LogP contribution in [0.25, 0.3) is 0 Å². The fourth-order valence-corrected chi connectivity index (χ4v) is 3.49. The van der Waals surface area contributed by atoms with Gasteiger partial charge in [-0.3, -0.25) is 9.69 Å². The van der Waals surface area contributed by atoms with Crippen molar-refractivity contribution in [2.75, 3.05) is 51.8 Å². The van der Waals surface area contributed by atoms with Crippen molar-refractivity contribution in [2.45, 2.75) is 6.04 Å². The largest absolute Gasteiger partial charge is 0.379 e. The number of anilines is 1. The standard InChI is InChI=1S/C21H26ClN3O2/c1-24(2)17-9-7-16(8-10-17)20(25-11-13-27-14-12-25)15-23-21(26)18-5-3-4-6-19(18)22/h3-10,20H,11-15H2,1-2H3,(H,23,26). The number of rotatable bonds is 6. The summed E-state index contributed by atoms with van der Waals surface area (Å²) in [7, 11) is 4.05. The molecule has 1 unspecified atom stereocenters. The van der Waals surface area contributed by atoms with Gasteiger partial charge in [-0.2, -0.15) is 0 Å². The minimum atomic E-state index is -0.149. The van der Waals surface area contributed by atoms with Crippen molar-refractivity contribution >= 4 is 23.2 Å². The molecular weight excluding hydrogens is 362 g/mol. The third-order valence-electron chi connectivity index (χ3n) is 4.86. The molecule has 0 spiro atoms. The average molecular weight is 388 g/mol. The van der Waals surface area contributed by atoms with E-state index in [1.807, 2.05) is 26.2 Å². The zero-order chi connectivity index (χ0) is 19.2. The Bertz CT molecular complexity index is 758. The number of morpholine rings is 1. The number of nitrogens with one attached hydrogen (secondary N) is 1. The summed E-state index contributed by atoms with van der Waals surface area (Å²) in [6.45, 7) is 3.64. The molecule has 0 aromatic heterocycles. The molecule has 2 aromatic carbocycles. The van der Waals surface area contributed by atoms with E-state index in [0.29, 0.717) is 30.3 Å². The maximum Gasteiger partial charge on any atom is 0.252 e. The average Bonchev–Trinajstić information content (AvgIpc) is 2.69. The van der Waals surface area contributed by atoms with Crippen molar-refractivity contribution in [1.29, 1.82) is 0 Å². The molecule has 144 valence electrons. The van der Waals surface area contributed by atoms with Crippen LogP contribution in [0.3, 0.4) is 0 Å². The van der Waals surface area contributed by atoms with Crippen LogP contribution in [0, 0.1) is 0 Å². The van der Waals surface area contributed by atoms with Gasteiger partial charge in [0.25, 0.3) is 5.91 Å². The van der Waals surface area contributed by atoms with Crippen LogP contribution in [-0.2, 0) is 4.74 Å². The highest BCUT2D eigenvalue weighted by molar-refractivity contribution is 6.33. The molecule has 1 saturated heterocycles. The monoisotopic (exact) mass is 387 g/mol. The highest BCUT2D eigenvalue weighted by Crippen LogP contribution is 2.24. The molecule has 1 aliphatic heterocycles. The van der Waals surface area contributed by atoms with Crippen molar-refractivity contribution < 1.29 is 9.53 Å². The van der Waals surface area contributed by atoms with Gasteiger partial charge >= 0.3 is 0 Å². The smallest absolute Gasteiger partial charge is 0.252 e. The first-order valence-corrected chi connectivity index (χ1v) is 9.56. The molecule has 0 saturated carbocycles. The maximum atomic E-state index is 12.6. The highest BCUT2D eigenvalue weighted by Gasteiger charge is 2.23. The second-order valence-electron chi connectivity index (χ2n) is 6.84. The van der Waals surface area contributed by atoms with Crippen molar-refractivity contribution in [3.63, 3.8) is 0 Å². The number of carbonyl (C=O) groups is 1.